The molecule has 0 bridgehead atoms. The van der Waals surface area contributed by atoms with E-state index in [4.69, 9.17) is 0 Å². The zero-order chi connectivity index (χ0) is 18.5. The summed E-state index contributed by atoms with van der Waals surface area (Å²) in [6.07, 6.45) is 10.2. The van der Waals surface area contributed by atoms with Gasteiger partial charge in [0.15, 0.2) is 0 Å². The summed E-state index contributed by atoms with van der Waals surface area (Å²) in [7, 11) is 1.94. The third-order valence-corrected chi connectivity index (χ3v) is 5.63. The van der Waals surface area contributed by atoms with Crippen LogP contribution in [0, 0.1) is 5.92 Å². The summed E-state index contributed by atoms with van der Waals surface area (Å²) in [6.45, 7) is 3.85. The van der Waals surface area contributed by atoms with E-state index in [-0.39, 0.29) is 30.3 Å². The Bertz CT molecular complexity index is 629. The molecule has 2 amide bonds. The van der Waals surface area contributed by atoms with Crippen LogP contribution in [0.25, 0.3) is 0 Å². The molecule has 2 unspecified atom stereocenters. The fourth-order valence-corrected chi connectivity index (χ4v) is 4.16. The van der Waals surface area contributed by atoms with E-state index >= 15 is 0 Å². The van der Waals surface area contributed by atoms with Crippen molar-refractivity contribution >= 4 is 24.2 Å². The van der Waals surface area contributed by atoms with Gasteiger partial charge in [0, 0.05) is 45.5 Å². The molecule has 1 aromatic heterocycles. The molecule has 2 fully saturated rings. The molecule has 0 spiro atoms. The van der Waals surface area contributed by atoms with Gasteiger partial charge in [0.2, 0.25) is 11.8 Å². The quantitative estimate of drug-likeness (QED) is 0.793. The lowest BCUT2D eigenvalue weighted by atomic mass is 9.87. The molecule has 0 aromatic carbocycles. The highest BCUT2D eigenvalue weighted by atomic mass is 35.5. The number of piperazine rings is 1. The number of aromatic nitrogens is 2. The zero-order valence-electron chi connectivity index (χ0n) is 16.3. The van der Waals surface area contributed by atoms with Crippen molar-refractivity contribution < 1.29 is 9.59 Å². The number of hydrogen-bond donors (Lipinski definition) is 2. The lowest BCUT2D eigenvalue weighted by molar-refractivity contribution is -0.139. The maximum atomic E-state index is 13.0. The van der Waals surface area contributed by atoms with Gasteiger partial charge in [0.1, 0.15) is 17.9 Å². The van der Waals surface area contributed by atoms with Crippen LogP contribution < -0.4 is 10.6 Å². The lowest BCUT2D eigenvalue weighted by Crippen LogP contribution is -2.55. The number of amides is 2. The smallest absolute Gasteiger partial charge is 0.245 e. The maximum absolute atomic E-state index is 13.0. The van der Waals surface area contributed by atoms with Gasteiger partial charge in [0.05, 0.1) is 0 Å². The number of halogens is 1. The summed E-state index contributed by atoms with van der Waals surface area (Å²) < 4.78 is 1.95. The molecule has 1 saturated heterocycles. The summed E-state index contributed by atoms with van der Waals surface area (Å²) in [4.78, 5) is 31.6. The van der Waals surface area contributed by atoms with Crippen molar-refractivity contribution in [2.45, 2.75) is 57.5 Å². The number of aryl methyl sites for hydroxylation is 1. The van der Waals surface area contributed by atoms with E-state index in [1.807, 2.05) is 22.7 Å². The van der Waals surface area contributed by atoms with Crippen LogP contribution in [0.3, 0.4) is 0 Å². The van der Waals surface area contributed by atoms with Crippen LogP contribution in [0.1, 0.15) is 57.3 Å². The molecule has 2 N–H and O–H groups in total. The molecule has 152 valence electrons. The molecule has 1 aliphatic carbocycles. The van der Waals surface area contributed by atoms with E-state index in [9.17, 15) is 9.59 Å². The molecule has 1 aromatic rings. The first kappa shape index (κ1) is 21.7. The molecule has 1 saturated carbocycles. The monoisotopic (exact) mass is 397 g/mol. The highest BCUT2D eigenvalue weighted by molar-refractivity contribution is 5.87. The summed E-state index contributed by atoms with van der Waals surface area (Å²) in [5.41, 5.74) is 0. The summed E-state index contributed by atoms with van der Waals surface area (Å²) >= 11 is 0. The highest BCUT2D eigenvalue weighted by Gasteiger charge is 2.33. The average molecular weight is 398 g/mol. The van der Waals surface area contributed by atoms with E-state index < -0.39 is 6.04 Å². The zero-order valence-corrected chi connectivity index (χ0v) is 17.1. The van der Waals surface area contributed by atoms with Gasteiger partial charge in [-0.3, -0.25) is 9.59 Å². The van der Waals surface area contributed by atoms with Crippen molar-refractivity contribution in [1.82, 2.24) is 25.1 Å². The molecule has 7 nitrogen and oxygen atoms in total. The largest absolute Gasteiger partial charge is 0.345 e. The third-order valence-electron chi connectivity index (χ3n) is 5.63. The molecule has 8 heteroatoms. The molecular weight excluding hydrogens is 366 g/mol. The van der Waals surface area contributed by atoms with Gasteiger partial charge in [-0.2, -0.15) is 0 Å². The van der Waals surface area contributed by atoms with Crippen LogP contribution in [-0.2, 0) is 16.6 Å². The second-order valence-electron chi connectivity index (χ2n) is 7.65. The van der Waals surface area contributed by atoms with Crippen molar-refractivity contribution in [2.75, 3.05) is 19.6 Å². The fraction of sp³-hybridized carbons (Fsp3) is 0.737. The first-order chi connectivity index (χ1) is 12.6. The van der Waals surface area contributed by atoms with Gasteiger partial charge >= 0.3 is 0 Å². The second-order valence-corrected chi connectivity index (χ2v) is 7.65. The molecule has 1 aliphatic heterocycles. The first-order valence-corrected chi connectivity index (χ1v) is 9.84. The number of nitrogens with zero attached hydrogens (tertiary/aromatic N) is 3. The summed E-state index contributed by atoms with van der Waals surface area (Å²) in [5, 5.41) is 6.26. The predicted molar refractivity (Wildman–Crippen MR) is 107 cm³/mol. The number of carbonyl (C=O) groups is 2. The van der Waals surface area contributed by atoms with E-state index in [0.29, 0.717) is 25.4 Å². The van der Waals surface area contributed by atoms with Crippen LogP contribution in [0.2, 0.25) is 0 Å². The van der Waals surface area contributed by atoms with Crippen LogP contribution in [0.15, 0.2) is 12.4 Å². The minimum atomic E-state index is -0.507. The Hall–Kier alpha value is -1.60. The second kappa shape index (κ2) is 10.1. The van der Waals surface area contributed by atoms with Gasteiger partial charge in [0.25, 0.3) is 0 Å². The minimum Gasteiger partial charge on any atom is -0.345 e. The Morgan fingerprint density at radius 2 is 2.07 bits per heavy atom. The first-order valence-electron chi connectivity index (χ1n) is 9.84. The Kier molecular flexibility index (Phi) is 8.10. The molecule has 2 heterocycles. The summed E-state index contributed by atoms with van der Waals surface area (Å²) in [5.74, 6) is 1.31. The van der Waals surface area contributed by atoms with Crippen LogP contribution in [-0.4, -0.2) is 51.9 Å². The van der Waals surface area contributed by atoms with Crippen molar-refractivity contribution in [1.29, 1.82) is 0 Å². The van der Waals surface area contributed by atoms with Crippen LogP contribution in [0.5, 0.6) is 0 Å². The van der Waals surface area contributed by atoms with E-state index in [1.54, 1.807) is 13.1 Å². The number of carbonyl (C=O) groups excluding carboxylic acids is 2. The normalized spacial score (nSPS) is 22.0. The Morgan fingerprint density at radius 1 is 1.33 bits per heavy atom. The number of rotatable bonds is 5. The molecule has 3 rings (SSSR count). The topological polar surface area (TPSA) is 79.3 Å². The molecule has 2 aliphatic rings. The van der Waals surface area contributed by atoms with Crippen LogP contribution in [0.4, 0.5) is 0 Å². The van der Waals surface area contributed by atoms with Crippen molar-refractivity contribution in [3.05, 3.63) is 18.2 Å². The number of hydrogen-bond acceptors (Lipinski definition) is 4. The molecule has 27 heavy (non-hydrogen) atoms. The van der Waals surface area contributed by atoms with Gasteiger partial charge in [-0.15, -0.1) is 12.4 Å². The van der Waals surface area contributed by atoms with Crippen molar-refractivity contribution in [3.63, 3.8) is 0 Å². The van der Waals surface area contributed by atoms with Crippen molar-refractivity contribution in [2.24, 2.45) is 13.0 Å². The fourth-order valence-electron chi connectivity index (χ4n) is 4.16. The SMILES string of the molecule is CC(NC(=O)CC1CCCCC1)C(=O)N1CCNCC1c1nccn1C.Cl. The van der Waals surface area contributed by atoms with Gasteiger partial charge < -0.3 is 20.1 Å². The predicted octanol–water partition coefficient (Wildman–Crippen LogP) is 1.79. The third kappa shape index (κ3) is 5.45. The molecule has 2 atom stereocenters. The number of nitrogens with one attached hydrogen (secondary N) is 2. The van der Waals surface area contributed by atoms with E-state index in [1.165, 1.54) is 19.3 Å². The van der Waals surface area contributed by atoms with E-state index in [2.05, 4.69) is 15.6 Å². The average Bonchev–Trinajstić information content (AvgIpc) is 3.07. The van der Waals surface area contributed by atoms with Crippen molar-refractivity contribution in [3.8, 4) is 0 Å². The van der Waals surface area contributed by atoms with Crippen LogP contribution >= 0.6 is 12.4 Å². The Labute approximate surface area is 167 Å². The Morgan fingerprint density at radius 3 is 2.74 bits per heavy atom. The van der Waals surface area contributed by atoms with Gasteiger partial charge in [-0.25, -0.2) is 4.98 Å². The standard InChI is InChI=1S/C19H31N5O2.ClH/c1-14(22-17(25)12-15-6-4-3-5-7-15)19(26)24-11-8-20-13-16(24)18-21-9-10-23(18)2;/h9-10,14-16,20H,3-8,11-13H2,1-2H3,(H,22,25);1H. The highest BCUT2D eigenvalue weighted by Crippen LogP contribution is 2.26. The Balaban J connectivity index is 0.00000261. The van der Waals surface area contributed by atoms with Gasteiger partial charge in [-0.05, 0) is 25.7 Å². The lowest BCUT2D eigenvalue weighted by Gasteiger charge is -2.37. The maximum Gasteiger partial charge on any atom is 0.245 e. The molecule has 0 radical (unpaired) electrons. The number of imidazole rings is 1. The minimum absolute atomic E-state index is 0. The van der Waals surface area contributed by atoms with Gasteiger partial charge in [-0.1, -0.05) is 19.3 Å². The molecular formula is C19H32ClN5O2. The van der Waals surface area contributed by atoms with E-state index in [0.717, 1.165) is 25.2 Å². The summed E-state index contributed by atoms with van der Waals surface area (Å²) in [6, 6.07) is -0.610.